The monoisotopic (exact) mass is 259 g/mol. The zero-order valence-corrected chi connectivity index (χ0v) is 9.35. The van der Waals surface area contributed by atoms with Gasteiger partial charge in [0.15, 0.2) is 17.7 Å². The van der Waals surface area contributed by atoms with Crippen molar-refractivity contribution < 1.29 is 28.6 Å². The first-order valence-corrected chi connectivity index (χ1v) is 5.00. The van der Waals surface area contributed by atoms with Crippen LogP contribution in [-0.2, 0) is 4.79 Å². The Balaban J connectivity index is 2.94. The lowest BCUT2D eigenvalue weighted by molar-refractivity contribution is -0.141. The number of carbonyl (C=O) groups excluding carboxylic acids is 1. The number of nitrogens with one attached hydrogen (secondary N) is 1. The Labute approximate surface area is 101 Å². The van der Waals surface area contributed by atoms with Gasteiger partial charge in [-0.25, -0.2) is 13.6 Å². The number of rotatable bonds is 4. The number of benzene rings is 1. The van der Waals surface area contributed by atoms with Crippen LogP contribution >= 0.6 is 0 Å². The first-order valence-electron chi connectivity index (χ1n) is 5.00. The van der Waals surface area contributed by atoms with Crippen molar-refractivity contribution in [1.82, 2.24) is 5.32 Å². The molecule has 0 saturated carbocycles. The molecule has 0 bridgehead atoms. The molecule has 1 rings (SSSR count). The van der Waals surface area contributed by atoms with Gasteiger partial charge in [0, 0.05) is 0 Å². The summed E-state index contributed by atoms with van der Waals surface area (Å²) in [6.07, 6.45) is -1.37. The minimum absolute atomic E-state index is 0.623. The molecule has 0 aromatic heterocycles. The maximum Gasteiger partial charge on any atom is 0.328 e. The Morgan fingerprint density at radius 1 is 1.33 bits per heavy atom. The van der Waals surface area contributed by atoms with E-state index in [2.05, 4.69) is 0 Å². The molecule has 0 fully saturated rings. The average molecular weight is 259 g/mol. The molecule has 2 unspecified atom stereocenters. The van der Waals surface area contributed by atoms with Gasteiger partial charge in [-0.3, -0.25) is 4.79 Å². The highest BCUT2D eigenvalue weighted by Gasteiger charge is 2.26. The smallest absolute Gasteiger partial charge is 0.328 e. The molecule has 0 aliphatic heterocycles. The zero-order chi connectivity index (χ0) is 13.9. The number of carboxylic acids is 1. The Bertz CT molecular complexity index is 476. The molecule has 5 nitrogen and oxygen atoms in total. The number of aliphatic carboxylic acids is 1. The quantitative estimate of drug-likeness (QED) is 0.736. The van der Waals surface area contributed by atoms with Crippen molar-refractivity contribution in [3.05, 3.63) is 35.4 Å². The van der Waals surface area contributed by atoms with E-state index >= 15 is 0 Å². The molecule has 1 aromatic carbocycles. The molecule has 3 N–H and O–H groups in total. The van der Waals surface area contributed by atoms with E-state index in [1.807, 2.05) is 5.32 Å². The number of carbonyl (C=O) groups is 2. The van der Waals surface area contributed by atoms with Gasteiger partial charge >= 0.3 is 5.97 Å². The molecule has 0 saturated heterocycles. The molecule has 7 heteroatoms. The van der Waals surface area contributed by atoms with Crippen LogP contribution in [0.4, 0.5) is 8.78 Å². The molecule has 0 heterocycles. The maximum atomic E-state index is 13.3. The molecule has 18 heavy (non-hydrogen) atoms. The van der Waals surface area contributed by atoms with E-state index in [4.69, 9.17) is 10.2 Å². The highest BCUT2D eigenvalue weighted by Crippen LogP contribution is 2.11. The second-order valence-corrected chi connectivity index (χ2v) is 3.63. The highest BCUT2D eigenvalue weighted by atomic mass is 19.2. The third-order valence-corrected chi connectivity index (χ3v) is 2.23. The number of aliphatic hydroxyl groups excluding tert-OH is 1. The molecule has 0 aliphatic rings. The zero-order valence-electron chi connectivity index (χ0n) is 9.35. The molecule has 0 spiro atoms. The van der Waals surface area contributed by atoms with Gasteiger partial charge in [-0.05, 0) is 19.1 Å². The number of halogens is 2. The van der Waals surface area contributed by atoms with Crippen molar-refractivity contribution in [2.24, 2.45) is 0 Å². The summed E-state index contributed by atoms with van der Waals surface area (Å²) in [4.78, 5) is 22.3. The van der Waals surface area contributed by atoms with Crippen LogP contribution in [0.25, 0.3) is 0 Å². The van der Waals surface area contributed by atoms with Crippen molar-refractivity contribution in [3.8, 4) is 0 Å². The summed E-state index contributed by atoms with van der Waals surface area (Å²) in [5.41, 5.74) is -0.623. The first-order chi connectivity index (χ1) is 8.34. The molecular weight excluding hydrogens is 248 g/mol. The van der Waals surface area contributed by atoms with Gasteiger partial charge in [0.25, 0.3) is 5.91 Å². The largest absolute Gasteiger partial charge is 0.480 e. The number of amides is 1. The third-order valence-electron chi connectivity index (χ3n) is 2.23. The topological polar surface area (TPSA) is 86.6 Å². The number of hydrogen-bond donors (Lipinski definition) is 3. The summed E-state index contributed by atoms with van der Waals surface area (Å²) in [6.45, 7) is 1.15. The van der Waals surface area contributed by atoms with E-state index in [9.17, 15) is 18.4 Å². The molecule has 1 aromatic rings. The molecule has 0 aliphatic carbocycles. The highest BCUT2D eigenvalue weighted by molar-refractivity contribution is 5.96. The fourth-order valence-corrected chi connectivity index (χ4v) is 1.29. The van der Waals surface area contributed by atoms with Crippen molar-refractivity contribution in [2.45, 2.75) is 19.1 Å². The van der Waals surface area contributed by atoms with Crippen LogP contribution in [0.1, 0.15) is 17.3 Å². The summed E-state index contributed by atoms with van der Waals surface area (Å²) in [7, 11) is 0. The molecule has 0 radical (unpaired) electrons. The van der Waals surface area contributed by atoms with Gasteiger partial charge in [0.1, 0.15) is 0 Å². The van der Waals surface area contributed by atoms with Gasteiger partial charge in [-0.2, -0.15) is 0 Å². The second-order valence-electron chi connectivity index (χ2n) is 3.63. The van der Waals surface area contributed by atoms with E-state index in [0.29, 0.717) is 0 Å². The minimum atomic E-state index is -1.60. The molecular formula is C11H11F2NO4. The van der Waals surface area contributed by atoms with Gasteiger partial charge in [-0.1, -0.05) is 6.07 Å². The average Bonchev–Trinajstić information content (AvgIpc) is 2.28. The Kier molecular flexibility index (Phi) is 4.33. The summed E-state index contributed by atoms with van der Waals surface area (Å²) in [6, 6.07) is 1.36. The predicted octanol–water partition coefficient (Wildman–Crippen LogP) is 0.529. The molecule has 2 atom stereocenters. The minimum Gasteiger partial charge on any atom is -0.480 e. The van der Waals surface area contributed by atoms with Crippen molar-refractivity contribution >= 4 is 11.9 Å². The van der Waals surface area contributed by atoms with Crippen LogP contribution in [0, 0.1) is 11.6 Å². The van der Waals surface area contributed by atoms with E-state index in [1.54, 1.807) is 0 Å². The van der Waals surface area contributed by atoms with E-state index in [-0.39, 0.29) is 0 Å². The maximum absolute atomic E-state index is 13.3. The molecule has 98 valence electrons. The van der Waals surface area contributed by atoms with Gasteiger partial charge < -0.3 is 15.5 Å². The van der Waals surface area contributed by atoms with Crippen LogP contribution in [0.15, 0.2) is 18.2 Å². The Morgan fingerprint density at radius 3 is 2.44 bits per heavy atom. The fourth-order valence-electron chi connectivity index (χ4n) is 1.29. The Hall–Kier alpha value is -2.02. The lowest BCUT2D eigenvalue weighted by atomic mass is 10.1. The third kappa shape index (κ3) is 3.01. The van der Waals surface area contributed by atoms with Crippen LogP contribution < -0.4 is 5.32 Å². The van der Waals surface area contributed by atoms with Crippen LogP contribution in [0.3, 0.4) is 0 Å². The molecule has 1 amide bonds. The SMILES string of the molecule is CC(O)C(NC(=O)c1cccc(F)c1F)C(=O)O. The number of aliphatic hydroxyl groups is 1. The van der Waals surface area contributed by atoms with Gasteiger partial charge in [0.2, 0.25) is 0 Å². The lowest BCUT2D eigenvalue weighted by Crippen LogP contribution is -2.47. The van der Waals surface area contributed by atoms with Crippen LogP contribution in [-0.4, -0.2) is 34.2 Å². The van der Waals surface area contributed by atoms with E-state index < -0.39 is 41.2 Å². The lowest BCUT2D eigenvalue weighted by Gasteiger charge is -2.17. The predicted molar refractivity (Wildman–Crippen MR) is 56.9 cm³/mol. The fraction of sp³-hybridized carbons (Fsp3) is 0.273. The van der Waals surface area contributed by atoms with Crippen LogP contribution in [0.5, 0.6) is 0 Å². The summed E-state index contributed by atoms with van der Waals surface area (Å²) in [5, 5.41) is 19.8. The Morgan fingerprint density at radius 2 is 1.94 bits per heavy atom. The summed E-state index contributed by atoms with van der Waals surface area (Å²) < 4.78 is 26.1. The number of carboxylic acid groups (broad SMARTS) is 1. The van der Waals surface area contributed by atoms with E-state index in [1.165, 1.54) is 0 Å². The van der Waals surface area contributed by atoms with Crippen molar-refractivity contribution in [2.75, 3.05) is 0 Å². The summed E-state index contributed by atoms with van der Waals surface area (Å²) >= 11 is 0. The van der Waals surface area contributed by atoms with Gasteiger partial charge in [-0.15, -0.1) is 0 Å². The standard InChI is InChI=1S/C11H11F2NO4/c1-5(15)9(11(17)18)14-10(16)6-3-2-4-7(12)8(6)13/h2-5,9,15H,1H3,(H,14,16)(H,17,18). The van der Waals surface area contributed by atoms with Crippen LogP contribution in [0.2, 0.25) is 0 Å². The number of hydrogen-bond acceptors (Lipinski definition) is 3. The van der Waals surface area contributed by atoms with E-state index in [0.717, 1.165) is 25.1 Å². The second kappa shape index (κ2) is 5.54. The first kappa shape index (κ1) is 14.0. The summed E-state index contributed by atoms with van der Waals surface area (Å²) in [5.74, 6) is -5.17. The normalized spacial score (nSPS) is 13.8. The van der Waals surface area contributed by atoms with Crippen molar-refractivity contribution in [3.63, 3.8) is 0 Å². The van der Waals surface area contributed by atoms with Crippen molar-refractivity contribution in [1.29, 1.82) is 0 Å². The van der Waals surface area contributed by atoms with Gasteiger partial charge in [0.05, 0.1) is 11.7 Å².